The van der Waals surface area contributed by atoms with Crippen LogP contribution in [0.5, 0.6) is 0 Å². The van der Waals surface area contributed by atoms with E-state index < -0.39 is 60.8 Å². The second-order valence-electron chi connectivity index (χ2n) is 8.84. The van der Waals surface area contributed by atoms with Gasteiger partial charge in [-0.05, 0) is 49.1 Å². The molecule has 0 unspecified atom stereocenters. The fourth-order valence-corrected chi connectivity index (χ4v) is 4.84. The van der Waals surface area contributed by atoms with Gasteiger partial charge in [0.05, 0.1) is 27.0 Å². The molecule has 198 valence electrons. The summed E-state index contributed by atoms with van der Waals surface area (Å²) in [5, 5.41) is 8.41. The number of fused-ring (bicyclic) bond motifs is 1. The molecule has 5 rings (SSSR count). The van der Waals surface area contributed by atoms with Crippen molar-refractivity contribution in [2.45, 2.75) is 23.9 Å². The molecule has 1 aliphatic carbocycles. The number of rotatable bonds is 7. The molecule has 0 radical (unpaired) electrons. The quantitative estimate of drug-likeness (QED) is 0.227. The molecule has 0 amide bonds. The summed E-state index contributed by atoms with van der Waals surface area (Å²) in [6.45, 7) is 0.565. The van der Waals surface area contributed by atoms with Crippen molar-refractivity contribution in [1.82, 2.24) is 15.0 Å². The van der Waals surface area contributed by atoms with Crippen molar-refractivity contribution in [3.05, 3.63) is 71.2 Å². The Morgan fingerprint density at radius 3 is 2.50 bits per heavy atom. The van der Waals surface area contributed by atoms with Crippen LogP contribution >= 0.6 is 0 Å². The van der Waals surface area contributed by atoms with Crippen molar-refractivity contribution in [1.29, 1.82) is 0 Å². The molecule has 0 atom stereocenters. The van der Waals surface area contributed by atoms with Crippen LogP contribution in [0.2, 0.25) is 0 Å². The highest BCUT2D eigenvalue weighted by Gasteiger charge is 2.34. The number of carbonyl (C=O) groups excluding carboxylic acids is 1. The topological polar surface area (TPSA) is 131 Å². The van der Waals surface area contributed by atoms with Gasteiger partial charge in [-0.3, -0.25) is 4.79 Å². The van der Waals surface area contributed by atoms with Gasteiger partial charge in [-0.25, -0.2) is 32.3 Å². The first-order chi connectivity index (χ1) is 17.9. The molecule has 4 N–H and O–H groups in total. The Morgan fingerprint density at radius 1 is 1.11 bits per heavy atom. The zero-order valence-electron chi connectivity index (χ0n) is 19.2. The maximum atomic E-state index is 15.8. The van der Waals surface area contributed by atoms with Gasteiger partial charge in [-0.15, -0.1) is 0 Å². The lowest BCUT2D eigenvalue weighted by molar-refractivity contribution is -0.137. The van der Waals surface area contributed by atoms with Crippen LogP contribution in [0, 0.1) is 17.6 Å². The normalized spacial score (nSPS) is 14.2. The average molecular weight is 551 g/mol. The van der Waals surface area contributed by atoms with Crippen LogP contribution in [-0.4, -0.2) is 35.7 Å². The number of nitrogens with one attached hydrogen (secondary N) is 2. The Kier molecular flexibility index (Phi) is 6.18. The minimum absolute atomic E-state index is 0.173. The maximum Gasteiger partial charge on any atom is 0.416 e. The maximum absolute atomic E-state index is 15.8. The summed E-state index contributed by atoms with van der Waals surface area (Å²) in [6.07, 6.45) is -0.421. The summed E-state index contributed by atoms with van der Waals surface area (Å²) in [7, 11) is -4.63. The number of ketones is 1. The van der Waals surface area contributed by atoms with Gasteiger partial charge in [0.1, 0.15) is 29.4 Å². The van der Waals surface area contributed by atoms with Gasteiger partial charge >= 0.3 is 6.18 Å². The first-order valence-electron chi connectivity index (χ1n) is 11.2. The molecular formula is C24H18F5N5O3S. The van der Waals surface area contributed by atoms with Gasteiger partial charge in [-0.2, -0.15) is 13.2 Å². The van der Waals surface area contributed by atoms with Gasteiger partial charge in [0.2, 0.25) is 15.8 Å². The number of alkyl halides is 3. The highest BCUT2D eigenvalue weighted by atomic mass is 32.2. The molecule has 0 spiro atoms. The number of primary sulfonamides is 1. The first kappa shape index (κ1) is 25.7. The minimum Gasteiger partial charge on any atom is -0.369 e. The third-order valence-electron chi connectivity index (χ3n) is 6.19. The molecule has 2 heterocycles. The minimum atomic E-state index is -4.91. The number of nitrogens with zero attached hydrogens (tertiary/aromatic N) is 2. The Morgan fingerprint density at radius 2 is 1.84 bits per heavy atom. The van der Waals surface area contributed by atoms with E-state index in [1.807, 2.05) is 0 Å². The number of aromatic amines is 1. The van der Waals surface area contributed by atoms with Crippen molar-refractivity contribution in [3.8, 4) is 11.1 Å². The second kappa shape index (κ2) is 9.13. The van der Waals surface area contributed by atoms with E-state index in [1.54, 1.807) is 0 Å². The Balaban J connectivity index is 1.67. The van der Waals surface area contributed by atoms with E-state index in [0.717, 1.165) is 18.9 Å². The van der Waals surface area contributed by atoms with Crippen LogP contribution in [0.1, 0.15) is 34.3 Å². The van der Waals surface area contributed by atoms with Gasteiger partial charge in [-0.1, -0.05) is 0 Å². The third-order valence-corrected chi connectivity index (χ3v) is 7.16. The second-order valence-corrected chi connectivity index (χ2v) is 10.4. The van der Waals surface area contributed by atoms with E-state index in [0.29, 0.717) is 36.7 Å². The predicted octanol–water partition coefficient (Wildman–Crippen LogP) is 4.62. The van der Waals surface area contributed by atoms with E-state index in [-0.39, 0.29) is 22.4 Å². The van der Waals surface area contributed by atoms with Gasteiger partial charge in [0.25, 0.3) is 0 Å². The first-order valence-corrected chi connectivity index (χ1v) is 12.7. The summed E-state index contributed by atoms with van der Waals surface area (Å²) >= 11 is 0. The Hall–Kier alpha value is -3.91. The van der Waals surface area contributed by atoms with Crippen LogP contribution in [0.15, 0.2) is 47.8 Å². The number of nitrogens with two attached hydrogens (primary N) is 1. The fourth-order valence-electron chi connectivity index (χ4n) is 4.11. The smallest absolute Gasteiger partial charge is 0.369 e. The van der Waals surface area contributed by atoms with Gasteiger partial charge < -0.3 is 10.3 Å². The molecule has 0 saturated heterocycles. The molecule has 0 aliphatic heterocycles. The lowest BCUT2D eigenvalue weighted by atomic mass is 9.95. The zero-order chi connectivity index (χ0) is 27.4. The SMILES string of the molecule is NS(=O)(=O)c1ccc(C(F)(F)F)cc1-c1ccc(F)c(C(=O)c2c[nH]c3ncnc(NCC4CC4)c23)c1F. The number of anilines is 1. The summed E-state index contributed by atoms with van der Waals surface area (Å²) in [6, 6.07) is 2.83. The highest BCUT2D eigenvalue weighted by molar-refractivity contribution is 7.89. The lowest BCUT2D eigenvalue weighted by Crippen LogP contribution is -2.16. The molecule has 2 aromatic carbocycles. The monoisotopic (exact) mass is 551 g/mol. The summed E-state index contributed by atoms with van der Waals surface area (Å²) in [5.41, 5.74) is -3.90. The van der Waals surface area contributed by atoms with Crippen molar-refractivity contribution >= 4 is 32.7 Å². The molecule has 8 nitrogen and oxygen atoms in total. The number of hydrogen-bond donors (Lipinski definition) is 3. The van der Waals surface area contributed by atoms with Gasteiger partial charge in [0, 0.05) is 23.9 Å². The molecular weight excluding hydrogens is 533 g/mol. The number of sulfonamides is 1. The number of aromatic nitrogens is 3. The van der Waals surface area contributed by atoms with Crippen LogP contribution in [-0.2, 0) is 16.2 Å². The van der Waals surface area contributed by atoms with Crippen molar-refractivity contribution in [2.24, 2.45) is 11.1 Å². The molecule has 1 saturated carbocycles. The largest absolute Gasteiger partial charge is 0.416 e. The summed E-state index contributed by atoms with van der Waals surface area (Å²) in [4.78, 5) is 23.5. The molecule has 14 heteroatoms. The van der Waals surface area contributed by atoms with E-state index >= 15 is 4.39 Å². The fraction of sp³-hybridized carbons (Fsp3) is 0.208. The van der Waals surface area contributed by atoms with Crippen molar-refractivity contribution in [3.63, 3.8) is 0 Å². The average Bonchev–Trinajstić information content (AvgIpc) is 3.57. The molecule has 1 fully saturated rings. The number of carbonyl (C=O) groups is 1. The van der Waals surface area contributed by atoms with Crippen LogP contribution in [0.25, 0.3) is 22.2 Å². The van der Waals surface area contributed by atoms with Crippen LogP contribution in [0.4, 0.5) is 27.8 Å². The van der Waals surface area contributed by atoms with Gasteiger partial charge in [0.15, 0.2) is 0 Å². The van der Waals surface area contributed by atoms with Crippen molar-refractivity contribution in [2.75, 3.05) is 11.9 Å². The standard InChI is InChI=1S/C24H18F5N5O3S/c25-16-5-4-13(14-7-12(24(27,28)29)3-6-17(14)38(30,36)37)20(26)19(16)21(35)15-9-32-23-18(15)22(33-10-34-23)31-8-11-1-2-11/h3-7,9-11H,1-2,8H2,(H2,30,36,37)(H2,31,32,33,34). The summed E-state index contributed by atoms with van der Waals surface area (Å²) in [5.74, 6) is -3.32. The molecule has 2 aromatic heterocycles. The molecule has 1 aliphatic rings. The Bertz CT molecular complexity index is 1700. The van der Waals surface area contributed by atoms with E-state index in [9.17, 15) is 30.8 Å². The van der Waals surface area contributed by atoms with E-state index in [2.05, 4.69) is 20.3 Å². The number of halogens is 5. The van der Waals surface area contributed by atoms with E-state index in [4.69, 9.17) is 5.14 Å². The van der Waals surface area contributed by atoms with Crippen LogP contribution in [0.3, 0.4) is 0 Å². The van der Waals surface area contributed by atoms with Crippen molar-refractivity contribution < 1.29 is 35.2 Å². The molecule has 4 aromatic rings. The molecule has 38 heavy (non-hydrogen) atoms. The highest BCUT2D eigenvalue weighted by Crippen LogP contribution is 2.38. The predicted molar refractivity (Wildman–Crippen MR) is 127 cm³/mol. The molecule has 0 bridgehead atoms. The summed E-state index contributed by atoms with van der Waals surface area (Å²) < 4.78 is 94.9. The third kappa shape index (κ3) is 4.72. The lowest BCUT2D eigenvalue weighted by Gasteiger charge is -2.15. The van der Waals surface area contributed by atoms with Crippen LogP contribution < -0.4 is 10.5 Å². The number of hydrogen-bond acceptors (Lipinski definition) is 6. The Labute approximate surface area is 212 Å². The van der Waals surface area contributed by atoms with E-state index in [1.165, 1.54) is 12.5 Å². The number of H-pyrrole nitrogens is 1. The number of benzene rings is 2. The zero-order valence-corrected chi connectivity index (χ0v) is 20.1.